The van der Waals surface area contributed by atoms with Gasteiger partial charge in [0.15, 0.2) is 5.82 Å². The van der Waals surface area contributed by atoms with Gasteiger partial charge in [-0.1, -0.05) is 57.2 Å². The van der Waals surface area contributed by atoms with Gasteiger partial charge >= 0.3 is 10.2 Å². The van der Waals surface area contributed by atoms with Crippen LogP contribution in [0.25, 0.3) is 32.6 Å². The lowest BCUT2D eigenvalue weighted by molar-refractivity contribution is -0.144. The molecule has 0 spiro atoms. The molecule has 0 aliphatic carbocycles. The molecule has 470 valence electrons. The smallest absolute Gasteiger partial charge is 0.301 e. The van der Waals surface area contributed by atoms with Gasteiger partial charge in [0, 0.05) is 61.5 Å². The zero-order valence-corrected chi connectivity index (χ0v) is 50.5. The predicted molar refractivity (Wildman–Crippen MR) is 317 cm³/mol. The van der Waals surface area contributed by atoms with E-state index < -0.39 is 92.9 Å². The SMILES string of the molecule is Cc1ncsc1-c1ccc(CNC(=O)[C@@H]2C[C@@H](O)CN2C(=O)[C@@H](NC(=O)COCCOCCOCCOCCOCCOCCOc2ccc(-c3cnc4[nH]cc(C(=O)c5c(F)ccc(NS(=O)(=O)N6CC[C@@H](F)C6)c5F)c4c3)cc2)C(C)(C)C)cc1. The number of aryl methyl sites for hydroxylation is 1. The van der Waals surface area contributed by atoms with Gasteiger partial charge in [0.2, 0.25) is 23.5 Å². The third-order valence-corrected chi connectivity index (χ3v) is 16.7. The number of likely N-dealkylation sites (tertiary alicyclic amines) is 1. The highest BCUT2D eigenvalue weighted by Crippen LogP contribution is 2.33. The number of benzene rings is 3. The Bertz CT molecular complexity index is 3390. The molecule has 3 aromatic heterocycles. The van der Waals surface area contributed by atoms with Crippen LogP contribution in [0.5, 0.6) is 5.75 Å². The van der Waals surface area contributed by atoms with Gasteiger partial charge in [0.1, 0.15) is 48.7 Å². The van der Waals surface area contributed by atoms with Gasteiger partial charge in [-0.25, -0.2) is 23.1 Å². The number of amides is 3. The number of nitrogens with one attached hydrogen (secondary N) is 4. The van der Waals surface area contributed by atoms with Gasteiger partial charge in [0.25, 0.3) is 0 Å². The quantitative estimate of drug-likeness (QED) is 0.0228. The molecule has 27 heteroatoms. The van der Waals surface area contributed by atoms with Crippen LogP contribution in [0, 0.1) is 24.0 Å². The summed E-state index contributed by atoms with van der Waals surface area (Å²) in [5, 5.41) is 16.5. The number of aromatic amines is 1. The lowest BCUT2D eigenvalue weighted by Crippen LogP contribution is -2.58. The molecule has 22 nitrogen and oxygen atoms in total. The summed E-state index contributed by atoms with van der Waals surface area (Å²) < 4.78 is 112. The maximum Gasteiger partial charge on any atom is 0.301 e. The number of carbonyl (C=O) groups is 4. The van der Waals surface area contributed by atoms with E-state index in [1.165, 1.54) is 11.1 Å². The van der Waals surface area contributed by atoms with Crippen molar-refractivity contribution in [1.82, 2.24) is 34.8 Å². The normalized spacial score (nSPS) is 16.8. The summed E-state index contributed by atoms with van der Waals surface area (Å²) in [7, 11) is -4.38. The van der Waals surface area contributed by atoms with E-state index in [1.807, 2.05) is 56.7 Å². The van der Waals surface area contributed by atoms with Crippen LogP contribution in [-0.4, -0.2) is 191 Å². The number of thiazole rings is 1. The highest BCUT2D eigenvalue weighted by atomic mass is 32.2. The van der Waals surface area contributed by atoms with Crippen molar-refractivity contribution in [2.45, 2.75) is 71.4 Å². The van der Waals surface area contributed by atoms with E-state index in [0.717, 1.165) is 38.1 Å². The highest BCUT2D eigenvalue weighted by Gasteiger charge is 2.44. The molecule has 0 radical (unpaired) electrons. The molecule has 3 amide bonds. The number of hydrogen-bond acceptors (Lipinski definition) is 17. The van der Waals surface area contributed by atoms with Crippen LogP contribution < -0.4 is 20.1 Å². The number of rotatable bonds is 33. The summed E-state index contributed by atoms with van der Waals surface area (Å²) in [4.78, 5) is 68.0. The van der Waals surface area contributed by atoms with E-state index in [4.69, 9.17) is 33.2 Å². The number of fused-ring (bicyclic) bond motifs is 1. The largest absolute Gasteiger partial charge is 0.491 e. The summed E-state index contributed by atoms with van der Waals surface area (Å²) in [5.74, 6) is -4.45. The summed E-state index contributed by atoms with van der Waals surface area (Å²) in [6, 6.07) is 16.3. The zero-order valence-electron chi connectivity index (χ0n) is 48.8. The molecule has 2 aliphatic rings. The van der Waals surface area contributed by atoms with Crippen LogP contribution in [0.3, 0.4) is 0 Å². The third kappa shape index (κ3) is 18.3. The first-order valence-electron chi connectivity index (χ1n) is 28.4. The number of ketones is 1. The number of H-pyrrole nitrogens is 1. The molecular weight excluding hydrogens is 1180 g/mol. The van der Waals surface area contributed by atoms with Gasteiger partial charge in [-0.05, 0) is 65.8 Å². The maximum absolute atomic E-state index is 15.7. The minimum atomic E-state index is -4.38. The molecule has 0 bridgehead atoms. The Labute approximate surface area is 506 Å². The summed E-state index contributed by atoms with van der Waals surface area (Å²) >= 11 is 1.56. The molecule has 8 rings (SSSR count). The Kier molecular flexibility index (Phi) is 23.8. The number of alkyl halides is 1. The predicted octanol–water partition coefficient (Wildman–Crippen LogP) is 6.16. The van der Waals surface area contributed by atoms with Gasteiger partial charge in [-0.15, -0.1) is 11.3 Å². The number of pyridine rings is 1. The third-order valence-electron chi connectivity index (χ3n) is 14.3. The van der Waals surface area contributed by atoms with Crippen LogP contribution in [0.2, 0.25) is 0 Å². The number of ether oxygens (including phenoxy) is 7. The number of aromatic nitrogens is 3. The fourth-order valence-corrected chi connectivity index (χ4v) is 11.7. The molecule has 4 atom stereocenters. The van der Waals surface area contributed by atoms with E-state index in [1.54, 1.807) is 53.4 Å². The van der Waals surface area contributed by atoms with Crippen molar-refractivity contribution in [3.63, 3.8) is 0 Å². The fraction of sp³-hybridized carbons (Fsp3) is 0.467. The van der Waals surface area contributed by atoms with Crippen molar-refractivity contribution in [3.8, 4) is 27.3 Å². The minimum absolute atomic E-state index is 0.0134. The van der Waals surface area contributed by atoms with Crippen molar-refractivity contribution in [3.05, 3.63) is 119 Å². The first-order chi connectivity index (χ1) is 41.8. The molecule has 2 fully saturated rings. The van der Waals surface area contributed by atoms with E-state index in [0.29, 0.717) is 76.3 Å². The Morgan fingerprint density at radius 2 is 1.43 bits per heavy atom. The van der Waals surface area contributed by atoms with Crippen molar-refractivity contribution >= 4 is 61.8 Å². The van der Waals surface area contributed by atoms with Crippen molar-refractivity contribution in [2.75, 3.05) is 110 Å². The monoisotopic (exact) mass is 1250 g/mol. The highest BCUT2D eigenvalue weighted by molar-refractivity contribution is 7.90. The van der Waals surface area contributed by atoms with E-state index in [2.05, 4.69) is 25.6 Å². The summed E-state index contributed by atoms with van der Waals surface area (Å²) in [6.45, 7) is 10.4. The van der Waals surface area contributed by atoms with Crippen molar-refractivity contribution in [1.29, 1.82) is 0 Å². The van der Waals surface area contributed by atoms with Crippen LogP contribution in [0.4, 0.5) is 18.9 Å². The number of anilines is 1. The number of nitrogens with zero attached hydrogens (tertiary/aromatic N) is 4. The molecule has 5 heterocycles. The summed E-state index contributed by atoms with van der Waals surface area (Å²) in [5.41, 5.74) is 3.81. The van der Waals surface area contributed by atoms with Gasteiger partial charge in [0.05, 0.1) is 106 Å². The second-order valence-corrected chi connectivity index (χ2v) is 24.2. The molecule has 0 saturated carbocycles. The molecular formula is C60H73F3N8O14S2. The Morgan fingerprint density at radius 1 is 0.805 bits per heavy atom. The van der Waals surface area contributed by atoms with E-state index in [9.17, 15) is 37.1 Å². The molecule has 2 aliphatic heterocycles. The molecule has 0 unspecified atom stereocenters. The second kappa shape index (κ2) is 31.3. The Balaban J connectivity index is 0.628. The number of halogens is 3. The molecule has 6 aromatic rings. The first-order valence-corrected chi connectivity index (χ1v) is 30.8. The number of aliphatic hydroxyl groups excluding tert-OH is 1. The second-order valence-electron chi connectivity index (χ2n) is 21.7. The number of hydrogen-bond donors (Lipinski definition) is 5. The Morgan fingerprint density at radius 3 is 2.02 bits per heavy atom. The average Bonchev–Trinajstić information content (AvgIpc) is 2.15. The summed E-state index contributed by atoms with van der Waals surface area (Å²) in [6.07, 6.45) is 0.650. The Hall–Kier alpha value is -6.92. The molecule has 87 heavy (non-hydrogen) atoms. The van der Waals surface area contributed by atoms with Gasteiger partial charge in [-0.3, -0.25) is 23.9 Å². The molecule has 3 aromatic carbocycles. The van der Waals surface area contributed by atoms with Crippen LogP contribution in [0.1, 0.15) is 60.8 Å². The topological polar surface area (TPSA) is 271 Å². The van der Waals surface area contributed by atoms with Crippen LogP contribution in [-0.2, 0) is 59.6 Å². The van der Waals surface area contributed by atoms with E-state index >= 15 is 8.78 Å². The standard InChI is InChI=1S/C60H73F3N8O14S2/c1-38-55(86-37-67-38)41-7-5-39(6-8-41)31-66-58(75)50-30-44(72)35-71(50)59(76)56(60(2,3)4)68-51(73)36-84-26-25-82-22-21-80-18-17-79-19-20-81-23-24-83-27-28-85-45-11-9-40(10-12-45)42-29-46-47(33-65-57(46)64-32-42)54(74)52-48(62)13-14-49(53(52)63)69-87(77,78)70-16-15-43(61)34-70/h5-14,29,32-33,37,43-44,50,56,69,72H,15-28,30-31,34-36H2,1-4H3,(H,64,65)(H,66,75)(H,68,73)/t43-,44-,50+,56-/m1/s1. The van der Waals surface area contributed by atoms with Crippen LogP contribution >= 0.6 is 11.3 Å². The molecule has 2 saturated heterocycles. The van der Waals surface area contributed by atoms with Crippen molar-refractivity contribution < 1.29 is 79.0 Å². The molecule has 5 N–H and O–H groups in total. The lowest BCUT2D eigenvalue weighted by Gasteiger charge is -2.35. The average molecular weight is 1250 g/mol. The van der Waals surface area contributed by atoms with Crippen LogP contribution in [0.15, 0.2) is 84.6 Å². The number of carbonyl (C=O) groups excluding carboxylic acids is 4. The maximum atomic E-state index is 15.7. The fourth-order valence-electron chi connectivity index (χ4n) is 9.64. The number of aliphatic hydroxyl groups is 1. The lowest BCUT2D eigenvalue weighted by atomic mass is 9.85. The zero-order chi connectivity index (χ0) is 62.1. The van der Waals surface area contributed by atoms with Gasteiger partial charge in [-0.2, -0.15) is 12.7 Å². The minimum Gasteiger partial charge on any atom is -0.491 e. The first kappa shape index (κ1) is 66.0. The van der Waals surface area contributed by atoms with Gasteiger partial charge < -0.3 is 58.8 Å². The van der Waals surface area contributed by atoms with E-state index in [-0.39, 0.29) is 75.5 Å². The number of β-amino-alcohol motifs (C(OH)–C–C–N with tert-alkyl or cyclic N) is 1. The van der Waals surface area contributed by atoms with Crippen molar-refractivity contribution in [2.24, 2.45) is 5.41 Å².